The van der Waals surface area contributed by atoms with Crippen molar-refractivity contribution in [3.05, 3.63) is 42.5 Å². The smallest absolute Gasteiger partial charge is 0.497 e. The summed E-state index contributed by atoms with van der Waals surface area (Å²) in [5, 5.41) is 10.3. The fourth-order valence-electron chi connectivity index (χ4n) is 5.11. The quantitative estimate of drug-likeness (QED) is 0.199. The summed E-state index contributed by atoms with van der Waals surface area (Å²) in [5.74, 6) is 1.12. The van der Waals surface area contributed by atoms with E-state index in [1.54, 1.807) is 7.11 Å². The average Bonchev–Trinajstić information content (AvgIpc) is 3.56. The van der Waals surface area contributed by atoms with Gasteiger partial charge in [-0.1, -0.05) is 52.8 Å². The van der Waals surface area contributed by atoms with Crippen LogP contribution in [0.1, 0.15) is 47.1 Å². The summed E-state index contributed by atoms with van der Waals surface area (Å²) in [7, 11) is -1.58. The molecule has 0 spiro atoms. The van der Waals surface area contributed by atoms with Gasteiger partial charge in [-0.3, -0.25) is 0 Å². The van der Waals surface area contributed by atoms with Crippen molar-refractivity contribution in [1.29, 1.82) is 0 Å². The minimum absolute atomic E-state index is 0.00640. The van der Waals surface area contributed by atoms with E-state index in [1.807, 2.05) is 30.3 Å². The number of rotatable bonds is 13. The zero-order valence-electron chi connectivity index (χ0n) is 24.9. The predicted octanol–water partition coefficient (Wildman–Crippen LogP) is 5.47. The Labute approximate surface area is 231 Å². The van der Waals surface area contributed by atoms with Gasteiger partial charge in [0.05, 0.1) is 38.1 Å². The molecule has 1 aromatic carbocycles. The highest BCUT2D eigenvalue weighted by Gasteiger charge is 2.61. The molecule has 7 atom stereocenters. The van der Waals surface area contributed by atoms with Crippen LogP contribution < -0.4 is 4.74 Å². The zero-order valence-corrected chi connectivity index (χ0v) is 25.9. The Bertz CT molecular complexity index is 905. The molecule has 7 nitrogen and oxygen atoms in total. The Morgan fingerprint density at radius 3 is 2.45 bits per heavy atom. The maximum atomic E-state index is 10.2. The minimum Gasteiger partial charge on any atom is -0.497 e. The van der Waals surface area contributed by atoms with Crippen molar-refractivity contribution in [1.82, 2.24) is 0 Å². The predicted molar refractivity (Wildman–Crippen MR) is 153 cm³/mol. The average molecular weight is 549 g/mol. The highest BCUT2D eigenvalue weighted by molar-refractivity contribution is 6.74. The molecule has 0 aromatic heterocycles. The number of ether oxygens (including phenoxy) is 3. The third kappa shape index (κ3) is 7.30. The molecule has 0 amide bonds. The lowest BCUT2D eigenvalue weighted by Gasteiger charge is -2.43. The molecule has 1 N–H and O–H groups in total. The van der Waals surface area contributed by atoms with E-state index in [0.29, 0.717) is 26.4 Å². The number of epoxide rings is 1. The van der Waals surface area contributed by atoms with E-state index in [4.69, 9.17) is 27.9 Å². The topological polar surface area (TPSA) is 78.9 Å². The monoisotopic (exact) mass is 548 g/mol. The maximum absolute atomic E-state index is 10.2. The molecule has 0 saturated carbocycles. The first kappa shape index (κ1) is 31.3. The molecule has 3 rings (SSSR count). The Hall–Kier alpha value is -1.20. The minimum atomic E-state index is -2.00. The van der Waals surface area contributed by atoms with Gasteiger partial charge in [-0.15, -0.1) is 6.58 Å². The zero-order chi connectivity index (χ0) is 28.3. The molecule has 1 aromatic rings. The van der Waals surface area contributed by atoms with Gasteiger partial charge in [0.2, 0.25) is 0 Å². The molecular weight excluding hydrogens is 499 g/mol. The second-order valence-electron chi connectivity index (χ2n) is 12.7. The summed E-state index contributed by atoms with van der Waals surface area (Å²) < 4.78 is 35.8. The molecule has 0 aliphatic carbocycles. The Morgan fingerprint density at radius 1 is 1.21 bits per heavy atom. The van der Waals surface area contributed by atoms with E-state index >= 15 is 0 Å². The summed E-state index contributed by atoms with van der Waals surface area (Å²) in [4.78, 5) is 0. The van der Waals surface area contributed by atoms with Gasteiger partial charge in [0.25, 0.3) is 0 Å². The lowest BCUT2D eigenvalue weighted by atomic mass is 9.74. The Kier molecular flexibility index (Phi) is 10.3. The molecule has 2 fully saturated rings. The van der Waals surface area contributed by atoms with Crippen LogP contribution in [-0.4, -0.2) is 65.4 Å². The summed E-state index contributed by atoms with van der Waals surface area (Å²) in [5.41, 5.74) is 0.766. The number of hydrogen-bond donors (Lipinski definition) is 1. The van der Waals surface area contributed by atoms with Crippen LogP contribution in [0, 0.1) is 23.7 Å². The summed E-state index contributed by atoms with van der Waals surface area (Å²) >= 11 is 0. The fourth-order valence-corrected chi connectivity index (χ4v) is 6.15. The van der Waals surface area contributed by atoms with E-state index in [1.165, 1.54) is 0 Å². The van der Waals surface area contributed by atoms with Gasteiger partial charge >= 0.3 is 7.32 Å². The first-order valence-electron chi connectivity index (χ1n) is 13.8. The van der Waals surface area contributed by atoms with Gasteiger partial charge in [-0.2, -0.15) is 0 Å². The first-order chi connectivity index (χ1) is 17.7. The third-order valence-corrected chi connectivity index (χ3v) is 13.6. The van der Waals surface area contributed by atoms with E-state index in [9.17, 15) is 5.02 Å². The van der Waals surface area contributed by atoms with Gasteiger partial charge < -0.3 is 33.0 Å². The number of benzene rings is 1. The number of hydrogen-bond acceptors (Lipinski definition) is 7. The second kappa shape index (κ2) is 12.5. The third-order valence-electron chi connectivity index (χ3n) is 9.05. The molecule has 0 unspecified atom stereocenters. The Balaban J connectivity index is 1.68. The maximum Gasteiger partial charge on any atom is 0.636 e. The van der Waals surface area contributed by atoms with Gasteiger partial charge in [0.15, 0.2) is 8.32 Å². The molecule has 2 heterocycles. The van der Waals surface area contributed by atoms with Crippen LogP contribution in [-0.2, 0) is 29.8 Å². The van der Waals surface area contributed by atoms with Crippen molar-refractivity contribution in [2.45, 2.75) is 84.1 Å². The largest absolute Gasteiger partial charge is 0.636 e. The van der Waals surface area contributed by atoms with Crippen molar-refractivity contribution in [2.24, 2.45) is 23.7 Å². The lowest BCUT2D eigenvalue weighted by Crippen LogP contribution is -2.52. The molecule has 214 valence electrons. The van der Waals surface area contributed by atoms with E-state index in [0.717, 1.165) is 11.3 Å². The van der Waals surface area contributed by atoms with Crippen LogP contribution in [0.5, 0.6) is 5.75 Å². The lowest BCUT2D eigenvalue weighted by molar-refractivity contribution is -0.0633. The van der Waals surface area contributed by atoms with E-state index < -0.39 is 15.6 Å². The number of methoxy groups -OCH3 is 1. The summed E-state index contributed by atoms with van der Waals surface area (Å²) in [6, 6.07) is 7.94. The molecular formula is C29H49BO7Si. The molecule has 2 aliphatic rings. The van der Waals surface area contributed by atoms with Gasteiger partial charge in [-0.25, -0.2) is 0 Å². The Morgan fingerprint density at radius 2 is 1.87 bits per heavy atom. The van der Waals surface area contributed by atoms with Crippen LogP contribution in [0.15, 0.2) is 36.9 Å². The highest BCUT2D eigenvalue weighted by atomic mass is 28.4. The van der Waals surface area contributed by atoms with Gasteiger partial charge in [-0.05, 0) is 48.7 Å². The summed E-state index contributed by atoms with van der Waals surface area (Å²) in [6.07, 6.45) is 1.65. The van der Waals surface area contributed by atoms with E-state index in [2.05, 4.69) is 61.2 Å². The molecule has 9 heteroatoms. The van der Waals surface area contributed by atoms with Crippen molar-refractivity contribution in [2.75, 3.05) is 26.9 Å². The molecule has 0 bridgehead atoms. The molecule has 0 radical (unpaired) electrons. The fraction of sp³-hybridized carbons (Fsp3) is 0.724. The van der Waals surface area contributed by atoms with Crippen molar-refractivity contribution < 1.29 is 33.0 Å². The standard InChI is InChI=1S/C29H49BO7Si/c1-11-23-18-34-30(31)37-26(23)25(19-35-38(9,10)28(4,5)6)21(3)29(7)27(36-29)20(2)16-33-17-22-12-14-24(32-8)15-13-22/h11-15,20-21,23,25-27,31H,1,16-19H2,2-10H3/t20-,21-,23-,25+,26+,27+,29+/m0/s1. The molecule has 2 saturated heterocycles. The first-order valence-corrected chi connectivity index (χ1v) is 16.7. The SMILES string of the molecule is C=C[C@H]1COB(O)O[C@H]1[C@H](CO[Si](C)(C)C(C)(C)C)[C@H](C)[C@@]1(C)O[C@@H]1[C@@H](C)COCc1ccc(OC)cc1. The van der Waals surface area contributed by atoms with Gasteiger partial charge in [0, 0.05) is 31.0 Å². The normalized spacial score (nSPS) is 28.5. The van der Waals surface area contributed by atoms with Crippen molar-refractivity contribution in [3.8, 4) is 5.75 Å². The van der Waals surface area contributed by atoms with Crippen LogP contribution in [0.2, 0.25) is 18.1 Å². The van der Waals surface area contributed by atoms with Crippen molar-refractivity contribution >= 4 is 15.6 Å². The molecule has 2 aliphatic heterocycles. The van der Waals surface area contributed by atoms with Crippen LogP contribution >= 0.6 is 0 Å². The van der Waals surface area contributed by atoms with Crippen LogP contribution in [0.3, 0.4) is 0 Å². The second-order valence-corrected chi connectivity index (χ2v) is 17.5. The van der Waals surface area contributed by atoms with Crippen molar-refractivity contribution in [3.63, 3.8) is 0 Å². The molecule has 38 heavy (non-hydrogen) atoms. The van der Waals surface area contributed by atoms with Crippen LogP contribution in [0.25, 0.3) is 0 Å². The highest BCUT2D eigenvalue weighted by Crippen LogP contribution is 2.51. The summed E-state index contributed by atoms with van der Waals surface area (Å²) in [6.45, 7) is 23.9. The van der Waals surface area contributed by atoms with Crippen LogP contribution in [0.4, 0.5) is 0 Å². The van der Waals surface area contributed by atoms with E-state index in [-0.39, 0.29) is 46.5 Å². The van der Waals surface area contributed by atoms with Gasteiger partial charge in [0.1, 0.15) is 5.75 Å².